The lowest BCUT2D eigenvalue weighted by Gasteiger charge is -2.13. The molecule has 1 aliphatic rings. The zero-order valence-electron chi connectivity index (χ0n) is 16.3. The molecule has 7 nitrogen and oxygen atoms in total. The number of carbonyl (C=O) groups excluding carboxylic acids is 1. The maximum atomic E-state index is 12.6. The van der Waals surface area contributed by atoms with Crippen LogP contribution in [0.15, 0.2) is 48.8 Å². The van der Waals surface area contributed by atoms with Gasteiger partial charge in [0.25, 0.3) is 0 Å². The van der Waals surface area contributed by atoms with Crippen LogP contribution in [0.1, 0.15) is 24.1 Å². The molecule has 2 heterocycles. The number of nitrogens with one attached hydrogen (secondary N) is 1. The number of rotatable bonds is 9. The molecule has 29 heavy (non-hydrogen) atoms. The van der Waals surface area contributed by atoms with Gasteiger partial charge in [-0.3, -0.25) is 4.79 Å². The zero-order valence-corrected chi connectivity index (χ0v) is 16.3. The third-order valence-electron chi connectivity index (χ3n) is 4.78. The molecule has 3 aromatic rings. The van der Waals surface area contributed by atoms with Crippen LogP contribution in [0.3, 0.4) is 0 Å². The van der Waals surface area contributed by atoms with Crippen LogP contribution in [0.2, 0.25) is 0 Å². The van der Waals surface area contributed by atoms with Crippen LogP contribution in [-0.2, 0) is 14.3 Å². The van der Waals surface area contributed by atoms with E-state index in [-0.39, 0.29) is 5.91 Å². The maximum Gasteiger partial charge on any atom is 0.238 e. The van der Waals surface area contributed by atoms with E-state index in [1.807, 2.05) is 49.4 Å². The van der Waals surface area contributed by atoms with E-state index in [0.29, 0.717) is 44.5 Å². The average Bonchev–Trinajstić information content (AvgIpc) is 3.08. The van der Waals surface area contributed by atoms with Gasteiger partial charge in [0.1, 0.15) is 24.6 Å². The van der Waals surface area contributed by atoms with Crippen LogP contribution in [0.5, 0.6) is 5.75 Å². The van der Waals surface area contributed by atoms with Crippen molar-refractivity contribution in [3.8, 4) is 5.75 Å². The molecule has 1 unspecified atom stereocenters. The van der Waals surface area contributed by atoms with Gasteiger partial charge in [-0.25, -0.2) is 9.97 Å². The molecular formula is C22H23N3O4. The number of hydrogen-bond donors (Lipinski definition) is 1. The second kappa shape index (κ2) is 8.98. The molecule has 0 aliphatic carbocycles. The molecule has 4 rings (SSSR count). The minimum atomic E-state index is -0.464. The van der Waals surface area contributed by atoms with Gasteiger partial charge in [0.05, 0.1) is 31.0 Å². The van der Waals surface area contributed by atoms with E-state index in [1.165, 1.54) is 6.33 Å². The smallest absolute Gasteiger partial charge is 0.238 e. The Morgan fingerprint density at radius 2 is 1.83 bits per heavy atom. The van der Waals surface area contributed by atoms with E-state index in [2.05, 4.69) is 15.3 Å². The van der Waals surface area contributed by atoms with Gasteiger partial charge in [0.15, 0.2) is 0 Å². The van der Waals surface area contributed by atoms with Crippen LogP contribution < -0.4 is 10.1 Å². The summed E-state index contributed by atoms with van der Waals surface area (Å²) < 4.78 is 16.5. The molecule has 0 bridgehead atoms. The second-order valence-corrected chi connectivity index (χ2v) is 6.61. The van der Waals surface area contributed by atoms with Crippen LogP contribution in [-0.4, -0.2) is 48.9 Å². The summed E-state index contributed by atoms with van der Waals surface area (Å²) in [5.41, 5.74) is 3.20. The monoisotopic (exact) mass is 393 g/mol. The molecule has 1 aliphatic heterocycles. The molecule has 0 radical (unpaired) electrons. The molecular weight excluding hydrogens is 370 g/mol. The number of carbonyl (C=O) groups is 1. The van der Waals surface area contributed by atoms with Crippen LogP contribution in [0, 0.1) is 0 Å². The van der Waals surface area contributed by atoms with E-state index in [1.54, 1.807) is 0 Å². The van der Waals surface area contributed by atoms with E-state index in [0.717, 1.165) is 22.2 Å². The summed E-state index contributed by atoms with van der Waals surface area (Å²) in [6.07, 6.45) is 1.50. The molecule has 0 saturated heterocycles. The van der Waals surface area contributed by atoms with Crippen molar-refractivity contribution < 1.29 is 19.0 Å². The zero-order chi connectivity index (χ0) is 20.1. The van der Waals surface area contributed by atoms with Gasteiger partial charge in [0, 0.05) is 17.7 Å². The molecule has 2 aromatic carbocycles. The summed E-state index contributed by atoms with van der Waals surface area (Å²) in [6.45, 7) is 4.66. The Morgan fingerprint density at radius 3 is 2.72 bits per heavy atom. The number of amides is 1. The summed E-state index contributed by atoms with van der Waals surface area (Å²) in [6, 6.07) is 13.3. The molecule has 0 spiro atoms. The van der Waals surface area contributed by atoms with Gasteiger partial charge in [-0.15, -0.1) is 0 Å². The highest BCUT2D eigenvalue weighted by molar-refractivity contribution is 6.06. The van der Waals surface area contributed by atoms with E-state index in [9.17, 15) is 4.79 Å². The fourth-order valence-corrected chi connectivity index (χ4v) is 3.44. The first-order valence-electron chi connectivity index (χ1n) is 9.70. The largest absolute Gasteiger partial charge is 0.491 e. The lowest BCUT2D eigenvalue weighted by Crippen LogP contribution is -2.15. The molecule has 1 N–H and O–H groups in total. The molecule has 7 heteroatoms. The Balaban J connectivity index is 1.52. The van der Waals surface area contributed by atoms with Gasteiger partial charge in [-0.1, -0.05) is 18.2 Å². The number of fused-ring (bicyclic) bond motifs is 2. The summed E-state index contributed by atoms with van der Waals surface area (Å²) in [7, 11) is 0. The fourth-order valence-electron chi connectivity index (χ4n) is 3.44. The molecule has 1 amide bonds. The Hall–Kier alpha value is -3.03. The normalized spacial score (nSPS) is 15.3. The molecule has 0 saturated carbocycles. The number of para-hydroxylation sites is 1. The standard InChI is InChI=1S/C22H23N3O4/c1-2-27-9-10-28-11-12-29-15-7-8-18-17(13-15)21(24-14-23-18)20-16-5-3-4-6-19(16)25-22(20)26/h3-8,13-14,20H,2,9-12H2,1H3,(H,25,26). The molecule has 1 atom stereocenters. The summed E-state index contributed by atoms with van der Waals surface area (Å²) >= 11 is 0. The SMILES string of the molecule is CCOCCOCCOc1ccc2ncnc(C3C(=O)Nc4ccccc43)c2c1. The van der Waals surface area contributed by atoms with Gasteiger partial charge >= 0.3 is 0 Å². The molecule has 1 aromatic heterocycles. The van der Waals surface area contributed by atoms with E-state index >= 15 is 0 Å². The number of benzene rings is 2. The topological polar surface area (TPSA) is 82.6 Å². The number of nitrogens with zero attached hydrogens (tertiary/aromatic N) is 2. The van der Waals surface area contributed by atoms with Crippen LogP contribution in [0.25, 0.3) is 10.9 Å². The minimum absolute atomic E-state index is 0.0831. The van der Waals surface area contributed by atoms with Gasteiger partial charge in [-0.2, -0.15) is 0 Å². The number of aromatic nitrogens is 2. The fraction of sp³-hybridized carbons (Fsp3) is 0.318. The third-order valence-corrected chi connectivity index (χ3v) is 4.78. The summed E-state index contributed by atoms with van der Waals surface area (Å²) in [5, 5.41) is 3.74. The number of hydrogen-bond acceptors (Lipinski definition) is 6. The Bertz CT molecular complexity index is 1010. The third kappa shape index (κ3) is 4.21. The summed E-state index contributed by atoms with van der Waals surface area (Å²) in [5.74, 6) is 0.141. The van der Waals surface area contributed by atoms with Gasteiger partial charge < -0.3 is 19.5 Å². The molecule has 0 fully saturated rings. The molecule has 150 valence electrons. The van der Waals surface area contributed by atoms with Crippen molar-refractivity contribution >= 4 is 22.5 Å². The van der Waals surface area contributed by atoms with Gasteiger partial charge in [0.2, 0.25) is 5.91 Å². The van der Waals surface area contributed by atoms with Crippen molar-refractivity contribution in [3.63, 3.8) is 0 Å². The first-order valence-corrected chi connectivity index (χ1v) is 9.70. The minimum Gasteiger partial charge on any atom is -0.491 e. The predicted octanol–water partition coefficient (Wildman–Crippen LogP) is 3.15. The maximum absolute atomic E-state index is 12.6. The lowest BCUT2D eigenvalue weighted by atomic mass is 9.94. The highest BCUT2D eigenvalue weighted by Gasteiger charge is 2.34. The Morgan fingerprint density at radius 1 is 1.00 bits per heavy atom. The quantitative estimate of drug-likeness (QED) is 0.563. The lowest BCUT2D eigenvalue weighted by molar-refractivity contribution is -0.116. The number of anilines is 1. The van der Waals surface area contributed by atoms with Crippen molar-refractivity contribution in [1.82, 2.24) is 9.97 Å². The second-order valence-electron chi connectivity index (χ2n) is 6.61. The first-order chi connectivity index (χ1) is 14.3. The van der Waals surface area contributed by atoms with Crippen molar-refractivity contribution in [2.45, 2.75) is 12.8 Å². The first kappa shape index (κ1) is 19.3. The number of ether oxygens (including phenoxy) is 3. The van der Waals surface area contributed by atoms with Crippen LogP contribution in [0.4, 0.5) is 5.69 Å². The van der Waals surface area contributed by atoms with Crippen LogP contribution >= 0.6 is 0 Å². The van der Waals surface area contributed by atoms with E-state index in [4.69, 9.17) is 14.2 Å². The van der Waals surface area contributed by atoms with Gasteiger partial charge in [-0.05, 0) is 36.8 Å². The average molecular weight is 393 g/mol. The van der Waals surface area contributed by atoms with Crippen molar-refractivity contribution in [1.29, 1.82) is 0 Å². The van der Waals surface area contributed by atoms with Crippen molar-refractivity contribution in [3.05, 3.63) is 60.0 Å². The highest BCUT2D eigenvalue weighted by atomic mass is 16.5. The Labute approximate surface area is 169 Å². The Kier molecular flexibility index (Phi) is 5.97. The predicted molar refractivity (Wildman–Crippen MR) is 109 cm³/mol. The van der Waals surface area contributed by atoms with Crippen molar-refractivity contribution in [2.24, 2.45) is 0 Å². The summed E-state index contributed by atoms with van der Waals surface area (Å²) in [4.78, 5) is 21.4. The van der Waals surface area contributed by atoms with E-state index < -0.39 is 5.92 Å². The van der Waals surface area contributed by atoms with Crippen molar-refractivity contribution in [2.75, 3.05) is 38.4 Å². The highest BCUT2D eigenvalue weighted by Crippen LogP contribution is 2.38.